The topological polar surface area (TPSA) is 47.6 Å². The van der Waals surface area contributed by atoms with Gasteiger partial charge in [0.1, 0.15) is 17.7 Å². The molecule has 0 radical (unpaired) electrons. The molecule has 1 amide bonds. The lowest BCUT2D eigenvalue weighted by atomic mass is 9.97. The molecule has 4 nitrogen and oxygen atoms in total. The predicted molar refractivity (Wildman–Crippen MR) is 89.0 cm³/mol. The zero-order valence-corrected chi connectivity index (χ0v) is 13.7. The summed E-state index contributed by atoms with van der Waals surface area (Å²) in [5, 5.41) is 2.95. The second kappa shape index (κ2) is 6.91. The maximum atomic E-state index is 13.2. The monoisotopic (exact) mass is 329 g/mol. The van der Waals surface area contributed by atoms with Crippen molar-refractivity contribution in [3.8, 4) is 11.5 Å². The van der Waals surface area contributed by atoms with Gasteiger partial charge < -0.3 is 14.8 Å². The number of benzene rings is 2. The van der Waals surface area contributed by atoms with Crippen LogP contribution in [0.25, 0.3) is 0 Å². The summed E-state index contributed by atoms with van der Waals surface area (Å²) in [4.78, 5) is 12.3. The van der Waals surface area contributed by atoms with E-state index >= 15 is 0 Å². The minimum atomic E-state index is -1.03. The number of rotatable bonds is 6. The maximum Gasteiger partial charge on any atom is 0.226 e. The van der Waals surface area contributed by atoms with Crippen LogP contribution in [0.15, 0.2) is 48.5 Å². The fourth-order valence-electron chi connectivity index (χ4n) is 2.73. The second-order valence-electron chi connectivity index (χ2n) is 5.82. The third-order valence-electron chi connectivity index (χ3n) is 4.22. The fourth-order valence-corrected chi connectivity index (χ4v) is 2.73. The van der Waals surface area contributed by atoms with Crippen LogP contribution in [-0.4, -0.2) is 26.3 Å². The molecule has 5 heteroatoms. The van der Waals surface area contributed by atoms with Crippen LogP contribution in [0.1, 0.15) is 23.6 Å². The van der Waals surface area contributed by atoms with Gasteiger partial charge in [0.15, 0.2) is 0 Å². The number of hydrogen-bond donors (Lipinski definition) is 1. The van der Waals surface area contributed by atoms with E-state index in [0.29, 0.717) is 17.9 Å². The summed E-state index contributed by atoms with van der Waals surface area (Å²) in [7, 11) is 3.15. The average Bonchev–Trinajstić information content (AvgIpc) is 3.36. The van der Waals surface area contributed by atoms with Crippen LogP contribution in [0, 0.1) is 5.92 Å². The van der Waals surface area contributed by atoms with Gasteiger partial charge in [-0.05, 0) is 24.1 Å². The molecule has 1 fully saturated rings. The van der Waals surface area contributed by atoms with Gasteiger partial charge in [-0.1, -0.05) is 30.3 Å². The van der Waals surface area contributed by atoms with Gasteiger partial charge in [0.05, 0.1) is 26.2 Å². The quantitative estimate of drug-likeness (QED) is 0.885. The molecule has 0 aliphatic heterocycles. The molecule has 0 aromatic heterocycles. The van der Waals surface area contributed by atoms with Crippen molar-refractivity contribution in [2.75, 3.05) is 14.2 Å². The number of methoxy groups -OCH3 is 2. The Balaban J connectivity index is 1.96. The first kappa shape index (κ1) is 16.3. The molecule has 3 rings (SSSR count). The van der Waals surface area contributed by atoms with E-state index in [4.69, 9.17) is 9.47 Å². The number of nitrogens with one attached hydrogen (secondary N) is 1. The smallest absolute Gasteiger partial charge is 0.226 e. The number of ether oxygens (including phenoxy) is 2. The third kappa shape index (κ3) is 3.35. The van der Waals surface area contributed by atoms with Gasteiger partial charge in [-0.25, -0.2) is 4.39 Å². The van der Waals surface area contributed by atoms with Crippen molar-refractivity contribution in [1.82, 2.24) is 5.32 Å². The summed E-state index contributed by atoms with van der Waals surface area (Å²) in [6.45, 7) is 0. The molecule has 3 atom stereocenters. The van der Waals surface area contributed by atoms with Gasteiger partial charge >= 0.3 is 0 Å². The summed E-state index contributed by atoms with van der Waals surface area (Å²) in [5.74, 6) is 0.463. The number of hydrogen-bond acceptors (Lipinski definition) is 3. The van der Waals surface area contributed by atoms with Gasteiger partial charge in [0.2, 0.25) is 5.91 Å². The molecule has 24 heavy (non-hydrogen) atoms. The Morgan fingerprint density at radius 2 is 1.88 bits per heavy atom. The Hall–Kier alpha value is -2.56. The SMILES string of the molecule is COc1ccc(C(NC(=O)[C@H]2C[C@H]2F)c2ccccc2)c(OC)c1. The van der Waals surface area contributed by atoms with Crippen LogP contribution in [0.5, 0.6) is 11.5 Å². The van der Waals surface area contributed by atoms with Gasteiger partial charge in [0.25, 0.3) is 0 Å². The molecule has 1 aliphatic rings. The molecule has 2 aromatic rings. The van der Waals surface area contributed by atoms with Crippen molar-refractivity contribution >= 4 is 5.91 Å². The summed E-state index contributed by atoms with van der Waals surface area (Å²) < 4.78 is 23.9. The summed E-state index contributed by atoms with van der Waals surface area (Å²) >= 11 is 0. The zero-order chi connectivity index (χ0) is 17.1. The van der Waals surface area contributed by atoms with Gasteiger partial charge in [-0.2, -0.15) is 0 Å². The van der Waals surface area contributed by atoms with E-state index in [1.165, 1.54) is 0 Å². The Labute approximate surface area is 140 Å². The van der Waals surface area contributed by atoms with Crippen LogP contribution < -0.4 is 14.8 Å². The molecule has 0 saturated heterocycles. The predicted octanol–water partition coefficient (Wildman–Crippen LogP) is 3.27. The van der Waals surface area contributed by atoms with E-state index < -0.39 is 18.1 Å². The molecule has 126 valence electrons. The highest BCUT2D eigenvalue weighted by Crippen LogP contribution is 2.37. The van der Waals surface area contributed by atoms with E-state index in [1.54, 1.807) is 20.3 Å². The van der Waals surface area contributed by atoms with Crippen molar-refractivity contribution < 1.29 is 18.7 Å². The van der Waals surface area contributed by atoms with Gasteiger partial charge in [0, 0.05) is 11.6 Å². The minimum Gasteiger partial charge on any atom is -0.497 e. The van der Waals surface area contributed by atoms with Crippen LogP contribution in [-0.2, 0) is 4.79 Å². The van der Waals surface area contributed by atoms with Crippen molar-refractivity contribution in [2.45, 2.75) is 18.6 Å². The van der Waals surface area contributed by atoms with Crippen molar-refractivity contribution in [3.63, 3.8) is 0 Å². The number of amides is 1. The van der Waals surface area contributed by atoms with E-state index in [0.717, 1.165) is 11.1 Å². The van der Waals surface area contributed by atoms with Crippen LogP contribution >= 0.6 is 0 Å². The molecule has 1 N–H and O–H groups in total. The Bertz CT molecular complexity index is 720. The zero-order valence-electron chi connectivity index (χ0n) is 13.7. The standard InChI is InChI=1S/C19H20FNO3/c1-23-13-8-9-14(17(10-13)24-2)18(12-6-4-3-5-7-12)21-19(22)15-11-16(15)20/h3-10,15-16,18H,11H2,1-2H3,(H,21,22)/t15-,16+,18?/m0/s1. The number of carbonyl (C=O) groups excluding carboxylic acids is 1. The van der Waals surface area contributed by atoms with E-state index in [-0.39, 0.29) is 5.91 Å². The molecule has 1 aliphatic carbocycles. The minimum absolute atomic E-state index is 0.269. The largest absolute Gasteiger partial charge is 0.497 e. The molecule has 1 saturated carbocycles. The fraction of sp³-hybridized carbons (Fsp3) is 0.316. The summed E-state index contributed by atoms with van der Waals surface area (Å²) in [6, 6.07) is 14.6. The van der Waals surface area contributed by atoms with E-state index in [1.807, 2.05) is 42.5 Å². The molecular weight excluding hydrogens is 309 g/mol. The highest BCUT2D eigenvalue weighted by Gasteiger charge is 2.44. The Morgan fingerprint density at radius 3 is 2.46 bits per heavy atom. The molecule has 1 unspecified atom stereocenters. The number of carbonyl (C=O) groups is 1. The highest BCUT2D eigenvalue weighted by atomic mass is 19.1. The maximum absolute atomic E-state index is 13.2. The summed E-state index contributed by atoms with van der Waals surface area (Å²) in [6.07, 6.45) is -0.730. The van der Waals surface area contributed by atoms with Crippen LogP contribution in [0.3, 0.4) is 0 Å². The van der Waals surface area contributed by atoms with Crippen LogP contribution in [0.4, 0.5) is 4.39 Å². The number of alkyl halides is 1. The lowest BCUT2D eigenvalue weighted by Crippen LogP contribution is -2.31. The first-order chi connectivity index (χ1) is 11.6. The Kier molecular flexibility index (Phi) is 4.69. The van der Waals surface area contributed by atoms with Gasteiger partial charge in [-0.3, -0.25) is 4.79 Å². The third-order valence-corrected chi connectivity index (χ3v) is 4.22. The molecule has 0 heterocycles. The first-order valence-corrected chi connectivity index (χ1v) is 7.85. The van der Waals surface area contributed by atoms with Gasteiger partial charge in [-0.15, -0.1) is 0 Å². The molecule has 0 spiro atoms. The Morgan fingerprint density at radius 1 is 1.17 bits per heavy atom. The molecule has 2 aromatic carbocycles. The van der Waals surface area contributed by atoms with Crippen molar-refractivity contribution in [2.24, 2.45) is 5.92 Å². The van der Waals surface area contributed by atoms with E-state index in [9.17, 15) is 9.18 Å². The average molecular weight is 329 g/mol. The van der Waals surface area contributed by atoms with Crippen LogP contribution in [0.2, 0.25) is 0 Å². The second-order valence-corrected chi connectivity index (χ2v) is 5.82. The summed E-state index contributed by atoms with van der Waals surface area (Å²) in [5.41, 5.74) is 1.71. The molecular formula is C19H20FNO3. The first-order valence-electron chi connectivity index (χ1n) is 7.85. The van der Waals surface area contributed by atoms with E-state index in [2.05, 4.69) is 5.32 Å². The highest BCUT2D eigenvalue weighted by molar-refractivity contribution is 5.83. The van der Waals surface area contributed by atoms with Crippen molar-refractivity contribution in [3.05, 3.63) is 59.7 Å². The lowest BCUT2D eigenvalue weighted by molar-refractivity contribution is -0.123. The normalized spacial score (nSPS) is 20.1. The lowest BCUT2D eigenvalue weighted by Gasteiger charge is -2.22. The molecule has 0 bridgehead atoms. The van der Waals surface area contributed by atoms with Crippen molar-refractivity contribution in [1.29, 1.82) is 0 Å². The number of halogens is 1.